The Morgan fingerprint density at radius 3 is 2.33 bits per heavy atom. The predicted molar refractivity (Wildman–Crippen MR) is 66.4 cm³/mol. The zero-order valence-electron chi connectivity index (χ0n) is 9.19. The average Bonchev–Trinajstić information content (AvgIpc) is 2.18. The summed E-state index contributed by atoms with van der Waals surface area (Å²) < 4.78 is 0. The molecule has 0 rings (SSSR count). The molecule has 0 saturated carbocycles. The molecule has 15 heavy (non-hydrogen) atoms. The van der Waals surface area contributed by atoms with Crippen LogP contribution in [0.25, 0.3) is 0 Å². The second-order valence-electron chi connectivity index (χ2n) is 3.17. The van der Waals surface area contributed by atoms with Crippen LogP contribution >= 0.6 is 11.8 Å². The molecular weight excluding hydrogens is 210 g/mol. The second kappa shape index (κ2) is 8.56. The lowest BCUT2D eigenvalue weighted by Crippen LogP contribution is -2.41. The zero-order chi connectivity index (χ0) is 11.7. The second-order valence-corrected chi connectivity index (χ2v) is 4.15. The molecule has 0 aliphatic heterocycles. The first-order valence-corrected chi connectivity index (χ1v) is 6.24. The summed E-state index contributed by atoms with van der Waals surface area (Å²) in [6.45, 7) is 8.42. The van der Waals surface area contributed by atoms with Gasteiger partial charge in [-0.05, 0) is 18.4 Å². The lowest BCUT2D eigenvalue weighted by Gasteiger charge is -2.26. The van der Waals surface area contributed by atoms with Gasteiger partial charge in [-0.1, -0.05) is 12.2 Å². The number of thioether (sulfide) groups is 1. The van der Waals surface area contributed by atoms with Gasteiger partial charge in [0.2, 0.25) is 0 Å². The van der Waals surface area contributed by atoms with Crippen LogP contribution in [0, 0.1) is 0 Å². The Hall–Kier alpha value is -0.740. The highest BCUT2D eigenvalue weighted by Gasteiger charge is 2.22. The molecule has 0 amide bonds. The maximum atomic E-state index is 11.1. The van der Waals surface area contributed by atoms with E-state index in [0.29, 0.717) is 19.5 Å². The first-order chi connectivity index (χ1) is 7.17. The summed E-state index contributed by atoms with van der Waals surface area (Å²) in [5, 5.41) is 9.10. The van der Waals surface area contributed by atoms with Crippen molar-refractivity contribution in [1.82, 2.24) is 4.90 Å². The van der Waals surface area contributed by atoms with Crippen LogP contribution in [-0.4, -0.2) is 47.1 Å². The minimum Gasteiger partial charge on any atom is -0.480 e. The minimum absolute atomic E-state index is 0.437. The lowest BCUT2D eigenvalue weighted by molar-refractivity contribution is -0.142. The van der Waals surface area contributed by atoms with E-state index in [9.17, 15) is 4.79 Å². The van der Waals surface area contributed by atoms with E-state index >= 15 is 0 Å². The molecule has 0 aromatic rings. The Kier molecular flexibility index (Phi) is 8.14. The Labute approximate surface area is 95.8 Å². The highest BCUT2D eigenvalue weighted by molar-refractivity contribution is 7.98. The van der Waals surface area contributed by atoms with E-state index in [-0.39, 0.29) is 0 Å². The molecule has 0 aliphatic rings. The molecule has 1 unspecified atom stereocenters. The van der Waals surface area contributed by atoms with Gasteiger partial charge in [-0.2, -0.15) is 11.8 Å². The quantitative estimate of drug-likeness (QED) is 0.613. The summed E-state index contributed by atoms with van der Waals surface area (Å²) in [7, 11) is 0. The van der Waals surface area contributed by atoms with Crippen LogP contribution in [0.4, 0.5) is 0 Å². The summed E-state index contributed by atoms with van der Waals surface area (Å²) in [6, 6.07) is -0.437. The number of rotatable bonds is 9. The SMILES string of the molecule is C=CCN(CC=C)C(CCSC)C(=O)O. The van der Waals surface area contributed by atoms with Crippen molar-refractivity contribution in [2.24, 2.45) is 0 Å². The monoisotopic (exact) mass is 229 g/mol. The molecule has 4 heteroatoms. The Morgan fingerprint density at radius 1 is 1.47 bits per heavy atom. The van der Waals surface area contributed by atoms with E-state index in [4.69, 9.17) is 5.11 Å². The largest absolute Gasteiger partial charge is 0.480 e. The van der Waals surface area contributed by atoms with Gasteiger partial charge >= 0.3 is 5.97 Å². The minimum atomic E-state index is -0.771. The maximum Gasteiger partial charge on any atom is 0.320 e. The van der Waals surface area contributed by atoms with E-state index in [1.165, 1.54) is 0 Å². The number of nitrogens with zero attached hydrogens (tertiary/aromatic N) is 1. The fourth-order valence-corrected chi connectivity index (χ4v) is 1.81. The number of aliphatic carboxylic acids is 1. The molecule has 1 N–H and O–H groups in total. The van der Waals surface area contributed by atoms with Crippen LogP contribution in [0.15, 0.2) is 25.3 Å². The topological polar surface area (TPSA) is 40.5 Å². The number of carbonyl (C=O) groups is 1. The first-order valence-electron chi connectivity index (χ1n) is 4.85. The first kappa shape index (κ1) is 14.3. The fourth-order valence-electron chi connectivity index (χ4n) is 1.35. The third-order valence-corrected chi connectivity index (χ3v) is 2.69. The summed E-state index contributed by atoms with van der Waals surface area (Å²) in [5.41, 5.74) is 0. The van der Waals surface area contributed by atoms with Gasteiger partial charge in [0.05, 0.1) is 0 Å². The average molecular weight is 229 g/mol. The van der Waals surface area contributed by atoms with Crippen molar-refractivity contribution in [2.45, 2.75) is 12.5 Å². The highest BCUT2D eigenvalue weighted by Crippen LogP contribution is 2.09. The maximum absolute atomic E-state index is 11.1. The highest BCUT2D eigenvalue weighted by atomic mass is 32.2. The summed E-state index contributed by atoms with van der Waals surface area (Å²) in [6.07, 6.45) is 6.07. The number of hydrogen-bond donors (Lipinski definition) is 1. The van der Waals surface area contributed by atoms with Gasteiger partial charge in [0.1, 0.15) is 6.04 Å². The van der Waals surface area contributed by atoms with Crippen molar-refractivity contribution in [3.8, 4) is 0 Å². The smallest absolute Gasteiger partial charge is 0.320 e. The van der Waals surface area contributed by atoms with Gasteiger partial charge in [-0.25, -0.2) is 0 Å². The van der Waals surface area contributed by atoms with Crippen LogP contribution in [0.1, 0.15) is 6.42 Å². The van der Waals surface area contributed by atoms with Gasteiger partial charge in [-0.3, -0.25) is 9.69 Å². The number of carboxylic acid groups (broad SMARTS) is 1. The van der Waals surface area contributed by atoms with E-state index in [0.717, 1.165) is 5.75 Å². The molecule has 3 nitrogen and oxygen atoms in total. The van der Waals surface area contributed by atoms with Crippen molar-refractivity contribution in [1.29, 1.82) is 0 Å². The Bertz CT molecular complexity index is 209. The third kappa shape index (κ3) is 5.64. The van der Waals surface area contributed by atoms with E-state index in [1.54, 1.807) is 23.9 Å². The normalized spacial score (nSPS) is 12.4. The van der Waals surface area contributed by atoms with Crippen molar-refractivity contribution >= 4 is 17.7 Å². The van der Waals surface area contributed by atoms with Gasteiger partial charge in [0, 0.05) is 13.1 Å². The molecule has 0 saturated heterocycles. The predicted octanol–water partition coefficient (Wildman–Crippen LogP) is 1.87. The van der Waals surface area contributed by atoms with Crippen LogP contribution in [0.5, 0.6) is 0 Å². The third-order valence-electron chi connectivity index (χ3n) is 2.05. The van der Waals surface area contributed by atoms with Crippen molar-refractivity contribution < 1.29 is 9.90 Å². The fraction of sp³-hybridized carbons (Fsp3) is 0.545. The van der Waals surface area contributed by atoms with Crippen LogP contribution in [0.2, 0.25) is 0 Å². The molecular formula is C11H19NO2S. The number of carboxylic acids is 1. The number of hydrogen-bond acceptors (Lipinski definition) is 3. The van der Waals surface area contributed by atoms with Crippen molar-refractivity contribution in [3.63, 3.8) is 0 Å². The van der Waals surface area contributed by atoms with E-state index in [1.807, 2.05) is 11.2 Å². The van der Waals surface area contributed by atoms with Gasteiger partial charge < -0.3 is 5.11 Å². The molecule has 0 bridgehead atoms. The van der Waals surface area contributed by atoms with Crippen LogP contribution < -0.4 is 0 Å². The van der Waals surface area contributed by atoms with Crippen molar-refractivity contribution in [3.05, 3.63) is 25.3 Å². The van der Waals surface area contributed by atoms with E-state index < -0.39 is 12.0 Å². The van der Waals surface area contributed by atoms with Crippen LogP contribution in [0.3, 0.4) is 0 Å². The molecule has 0 fully saturated rings. The zero-order valence-corrected chi connectivity index (χ0v) is 10.0. The van der Waals surface area contributed by atoms with Gasteiger partial charge in [0.15, 0.2) is 0 Å². The van der Waals surface area contributed by atoms with E-state index in [2.05, 4.69) is 13.2 Å². The van der Waals surface area contributed by atoms with Gasteiger partial charge in [0.25, 0.3) is 0 Å². The van der Waals surface area contributed by atoms with Crippen LogP contribution in [-0.2, 0) is 4.79 Å². The molecule has 0 radical (unpaired) electrons. The summed E-state index contributed by atoms with van der Waals surface area (Å²) in [4.78, 5) is 12.9. The molecule has 86 valence electrons. The summed E-state index contributed by atoms with van der Waals surface area (Å²) in [5.74, 6) is 0.0784. The Balaban J connectivity index is 4.42. The molecule has 1 atom stereocenters. The van der Waals surface area contributed by atoms with Gasteiger partial charge in [-0.15, -0.1) is 13.2 Å². The molecule has 0 aromatic carbocycles. The Morgan fingerprint density at radius 2 is 2.00 bits per heavy atom. The molecule has 0 aromatic heterocycles. The molecule has 0 heterocycles. The van der Waals surface area contributed by atoms with Crippen molar-refractivity contribution in [2.75, 3.05) is 25.1 Å². The molecule has 0 aliphatic carbocycles. The lowest BCUT2D eigenvalue weighted by atomic mass is 10.2. The molecule has 0 spiro atoms. The standard InChI is InChI=1S/C11H19NO2S/c1-4-7-12(8-5-2)10(11(13)14)6-9-15-3/h4-5,10H,1-2,6-9H2,3H3,(H,13,14). The summed E-state index contributed by atoms with van der Waals surface area (Å²) >= 11 is 1.66.